The van der Waals surface area contributed by atoms with Crippen molar-refractivity contribution >= 4 is 17.1 Å². The molecule has 1 saturated carbocycles. The van der Waals surface area contributed by atoms with E-state index in [1.54, 1.807) is 0 Å². The van der Waals surface area contributed by atoms with E-state index in [1.807, 2.05) is 11.7 Å². The molecule has 2 N–H and O–H groups in total. The molecule has 2 heterocycles. The fraction of sp³-hybridized carbons (Fsp3) is 0.733. The lowest BCUT2D eigenvalue weighted by atomic mass is 9.96. The topological polar surface area (TPSA) is 61.7 Å². The molecule has 3 rings (SSSR count). The number of aryl methyl sites for hydroxylation is 2. The number of anilines is 1. The van der Waals surface area contributed by atoms with Crippen molar-refractivity contribution in [1.29, 1.82) is 0 Å². The smallest absolute Gasteiger partial charge is 0.202 e. The molecule has 20 heavy (non-hydrogen) atoms. The minimum atomic E-state index is 0.486. The third-order valence-corrected chi connectivity index (χ3v) is 4.54. The minimum Gasteiger partial charge on any atom is -0.369 e. The zero-order valence-corrected chi connectivity index (χ0v) is 12.6. The van der Waals surface area contributed by atoms with E-state index in [4.69, 9.17) is 5.73 Å². The molecule has 0 amide bonds. The fourth-order valence-corrected chi connectivity index (χ4v) is 3.51. The van der Waals surface area contributed by atoms with E-state index in [9.17, 15) is 0 Å². The number of nitrogens with two attached hydrogens (primary N) is 1. The first-order chi connectivity index (χ1) is 9.72. The third-order valence-electron chi connectivity index (χ3n) is 4.54. The molecule has 0 radical (unpaired) electrons. The summed E-state index contributed by atoms with van der Waals surface area (Å²) in [7, 11) is 2.00. The maximum atomic E-state index is 6.22. The van der Waals surface area contributed by atoms with Gasteiger partial charge in [-0.2, -0.15) is 5.10 Å². The lowest BCUT2D eigenvalue weighted by molar-refractivity contribution is 0.378. The summed E-state index contributed by atoms with van der Waals surface area (Å²) in [5.74, 6) is 0.660. The molecule has 0 aliphatic heterocycles. The second kappa shape index (κ2) is 5.46. The van der Waals surface area contributed by atoms with Crippen LogP contribution in [-0.2, 0) is 13.5 Å². The molecule has 0 atom stereocenters. The highest BCUT2D eigenvalue weighted by Crippen LogP contribution is 2.32. The average molecular weight is 275 g/mol. The molecule has 5 nitrogen and oxygen atoms in total. The van der Waals surface area contributed by atoms with Gasteiger partial charge in [0, 0.05) is 13.1 Å². The van der Waals surface area contributed by atoms with Crippen LogP contribution in [0.15, 0.2) is 0 Å². The Kier molecular flexibility index (Phi) is 3.68. The molecule has 2 aromatic rings. The molecule has 0 saturated heterocycles. The lowest BCUT2D eigenvalue weighted by Gasteiger charge is -2.22. The number of hydrogen-bond donors (Lipinski definition) is 1. The van der Waals surface area contributed by atoms with Crippen molar-refractivity contribution < 1.29 is 0 Å². The summed E-state index contributed by atoms with van der Waals surface area (Å²) in [4.78, 5) is 4.59. The summed E-state index contributed by atoms with van der Waals surface area (Å²) in [6, 6.07) is 0.486. The molecule has 0 aromatic carbocycles. The van der Waals surface area contributed by atoms with Crippen LogP contribution in [0.3, 0.4) is 0 Å². The van der Waals surface area contributed by atoms with Gasteiger partial charge in [0.2, 0.25) is 5.95 Å². The van der Waals surface area contributed by atoms with Crippen LogP contribution in [0.1, 0.15) is 63.6 Å². The first kappa shape index (κ1) is 13.5. The van der Waals surface area contributed by atoms with Crippen molar-refractivity contribution in [3.05, 3.63) is 5.69 Å². The number of rotatable bonds is 2. The van der Waals surface area contributed by atoms with Crippen LogP contribution in [0.2, 0.25) is 0 Å². The van der Waals surface area contributed by atoms with Gasteiger partial charge in [-0.15, -0.1) is 0 Å². The normalized spacial score (nSPS) is 18.3. The monoisotopic (exact) mass is 275 g/mol. The van der Waals surface area contributed by atoms with E-state index in [0.29, 0.717) is 12.0 Å². The molecule has 0 unspecified atom stereocenters. The Morgan fingerprint density at radius 1 is 1.15 bits per heavy atom. The quantitative estimate of drug-likeness (QED) is 0.915. The van der Waals surface area contributed by atoms with Gasteiger partial charge in [0.1, 0.15) is 5.52 Å². The van der Waals surface area contributed by atoms with Crippen LogP contribution >= 0.6 is 0 Å². The number of fused-ring (bicyclic) bond motifs is 1. The standard InChI is InChI=1S/C15H25N5/c1-3-12-13-14(19(2)18-12)20(15(16)17-13)11-9-7-5-4-6-8-10-11/h11H,3-10H2,1-2H3,(H2,16,17). The van der Waals surface area contributed by atoms with E-state index < -0.39 is 0 Å². The second-order valence-electron chi connectivity index (χ2n) is 5.94. The van der Waals surface area contributed by atoms with Crippen LogP contribution in [0.5, 0.6) is 0 Å². The van der Waals surface area contributed by atoms with Crippen LogP contribution in [0.25, 0.3) is 11.2 Å². The van der Waals surface area contributed by atoms with Gasteiger partial charge in [-0.1, -0.05) is 39.0 Å². The fourth-order valence-electron chi connectivity index (χ4n) is 3.51. The average Bonchev–Trinajstić information content (AvgIpc) is 2.87. The van der Waals surface area contributed by atoms with Crippen LogP contribution in [0.4, 0.5) is 5.95 Å². The van der Waals surface area contributed by atoms with Crippen molar-refractivity contribution in [2.75, 3.05) is 5.73 Å². The van der Waals surface area contributed by atoms with Crippen LogP contribution in [0, 0.1) is 0 Å². The Hall–Kier alpha value is -1.52. The molecule has 1 aliphatic carbocycles. The Balaban J connectivity index is 2.05. The van der Waals surface area contributed by atoms with E-state index in [0.717, 1.165) is 23.3 Å². The van der Waals surface area contributed by atoms with Gasteiger partial charge in [-0.3, -0.25) is 9.25 Å². The predicted octanol–water partition coefficient (Wildman–Crippen LogP) is 3.20. The van der Waals surface area contributed by atoms with Gasteiger partial charge in [-0.05, 0) is 19.3 Å². The van der Waals surface area contributed by atoms with E-state index in [2.05, 4.69) is 21.6 Å². The molecule has 5 heteroatoms. The lowest BCUT2D eigenvalue weighted by Crippen LogP contribution is -2.15. The molecule has 0 bridgehead atoms. The van der Waals surface area contributed by atoms with Crippen LogP contribution < -0.4 is 5.73 Å². The summed E-state index contributed by atoms with van der Waals surface area (Å²) in [5.41, 5.74) is 9.37. The largest absolute Gasteiger partial charge is 0.369 e. The van der Waals surface area contributed by atoms with Crippen molar-refractivity contribution in [3.63, 3.8) is 0 Å². The Morgan fingerprint density at radius 2 is 1.80 bits per heavy atom. The predicted molar refractivity (Wildman–Crippen MR) is 81.6 cm³/mol. The van der Waals surface area contributed by atoms with Gasteiger partial charge in [0.25, 0.3) is 0 Å². The third kappa shape index (κ3) is 2.19. The van der Waals surface area contributed by atoms with Crippen molar-refractivity contribution in [2.45, 2.75) is 64.3 Å². The number of aromatic nitrogens is 4. The first-order valence-electron chi connectivity index (χ1n) is 7.91. The van der Waals surface area contributed by atoms with Crippen molar-refractivity contribution in [2.24, 2.45) is 7.05 Å². The Bertz CT molecular complexity index is 587. The molecule has 110 valence electrons. The summed E-state index contributed by atoms with van der Waals surface area (Å²) in [5, 5.41) is 4.58. The molecule has 1 fully saturated rings. The summed E-state index contributed by atoms with van der Waals surface area (Å²) in [6.07, 6.45) is 9.99. The highest BCUT2D eigenvalue weighted by atomic mass is 15.4. The van der Waals surface area contributed by atoms with Crippen LogP contribution in [-0.4, -0.2) is 19.3 Å². The van der Waals surface area contributed by atoms with E-state index in [1.165, 1.54) is 44.9 Å². The molecular formula is C15H25N5. The van der Waals surface area contributed by atoms with E-state index in [-0.39, 0.29) is 0 Å². The highest BCUT2D eigenvalue weighted by molar-refractivity contribution is 5.78. The second-order valence-corrected chi connectivity index (χ2v) is 5.94. The summed E-state index contributed by atoms with van der Waals surface area (Å²) >= 11 is 0. The maximum Gasteiger partial charge on any atom is 0.202 e. The van der Waals surface area contributed by atoms with Crippen molar-refractivity contribution in [1.82, 2.24) is 19.3 Å². The van der Waals surface area contributed by atoms with Crippen molar-refractivity contribution in [3.8, 4) is 0 Å². The first-order valence-corrected chi connectivity index (χ1v) is 7.91. The maximum absolute atomic E-state index is 6.22. The SMILES string of the molecule is CCc1nn(C)c2c1nc(N)n2C1CCCCCCC1. The van der Waals surface area contributed by atoms with Gasteiger partial charge in [-0.25, -0.2) is 4.98 Å². The molecule has 0 spiro atoms. The summed E-state index contributed by atoms with van der Waals surface area (Å²) in [6.45, 7) is 2.12. The highest BCUT2D eigenvalue weighted by Gasteiger charge is 2.23. The van der Waals surface area contributed by atoms with Gasteiger partial charge < -0.3 is 5.73 Å². The Morgan fingerprint density at radius 3 is 2.45 bits per heavy atom. The van der Waals surface area contributed by atoms with Gasteiger partial charge in [0.15, 0.2) is 5.65 Å². The zero-order valence-electron chi connectivity index (χ0n) is 12.6. The van der Waals surface area contributed by atoms with Gasteiger partial charge in [0.05, 0.1) is 5.69 Å². The number of hydrogen-bond acceptors (Lipinski definition) is 3. The molecular weight excluding hydrogens is 250 g/mol. The molecule has 2 aromatic heterocycles. The minimum absolute atomic E-state index is 0.486. The van der Waals surface area contributed by atoms with Gasteiger partial charge >= 0.3 is 0 Å². The zero-order chi connectivity index (χ0) is 14.1. The van der Waals surface area contributed by atoms with E-state index >= 15 is 0 Å². The number of imidazole rings is 1. The molecule has 1 aliphatic rings. The number of nitrogen functional groups attached to an aromatic ring is 1. The summed E-state index contributed by atoms with van der Waals surface area (Å²) < 4.78 is 4.20. The number of nitrogens with zero attached hydrogens (tertiary/aromatic N) is 4. The Labute approximate surface area is 120 Å².